The van der Waals surface area contributed by atoms with E-state index in [4.69, 9.17) is 4.74 Å². The lowest BCUT2D eigenvalue weighted by Gasteiger charge is -2.24. The number of aromatic nitrogens is 1. The lowest BCUT2D eigenvalue weighted by atomic mass is 9.90. The zero-order valence-corrected chi connectivity index (χ0v) is 11.2. The van der Waals surface area contributed by atoms with E-state index in [1.54, 1.807) is 7.11 Å². The van der Waals surface area contributed by atoms with Crippen LogP contribution in [0.4, 0.5) is 0 Å². The predicted molar refractivity (Wildman–Crippen MR) is 71.1 cm³/mol. The largest absolute Gasteiger partial charge is 0.385 e. The number of methoxy groups -OCH3 is 1. The van der Waals surface area contributed by atoms with E-state index in [0.29, 0.717) is 5.41 Å². The molecule has 0 radical (unpaired) electrons. The zero-order valence-electron chi connectivity index (χ0n) is 11.2. The van der Waals surface area contributed by atoms with Crippen molar-refractivity contribution in [1.29, 1.82) is 0 Å². The molecule has 0 fully saturated rings. The van der Waals surface area contributed by atoms with Gasteiger partial charge in [-0.1, -0.05) is 19.9 Å². The van der Waals surface area contributed by atoms with Crippen LogP contribution in [0.25, 0.3) is 0 Å². The van der Waals surface area contributed by atoms with Crippen molar-refractivity contribution in [2.45, 2.75) is 26.7 Å². The summed E-state index contributed by atoms with van der Waals surface area (Å²) in [6.45, 7) is 7.39. The topological polar surface area (TPSA) is 34.1 Å². The van der Waals surface area contributed by atoms with E-state index in [1.807, 2.05) is 18.5 Å². The van der Waals surface area contributed by atoms with Crippen molar-refractivity contribution in [2.24, 2.45) is 5.41 Å². The summed E-state index contributed by atoms with van der Waals surface area (Å²) in [4.78, 5) is 4.11. The second-order valence-electron chi connectivity index (χ2n) is 5.20. The van der Waals surface area contributed by atoms with Crippen molar-refractivity contribution in [3.05, 3.63) is 30.1 Å². The Morgan fingerprint density at radius 2 is 2.24 bits per heavy atom. The van der Waals surface area contributed by atoms with Crippen LogP contribution in [-0.2, 0) is 11.2 Å². The van der Waals surface area contributed by atoms with E-state index in [9.17, 15) is 0 Å². The van der Waals surface area contributed by atoms with E-state index in [1.165, 1.54) is 5.56 Å². The molecule has 0 unspecified atom stereocenters. The molecule has 0 saturated heterocycles. The Morgan fingerprint density at radius 1 is 1.41 bits per heavy atom. The molecule has 0 saturated carbocycles. The maximum atomic E-state index is 5.12. The van der Waals surface area contributed by atoms with Gasteiger partial charge in [0, 0.05) is 32.7 Å². The number of ether oxygens (including phenoxy) is 1. The molecule has 0 aliphatic carbocycles. The van der Waals surface area contributed by atoms with Gasteiger partial charge in [-0.15, -0.1) is 0 Å². The first-order valence-electron chi connectivity index (χ1n) is 6.23. The van der Waals surface area contributed by atoms with Crippen LogP contribution >= 0.6 is 0 Å². The standard InChI is InChI=1S/C14H24N2O/c1-14(2,7-10-17-3)12-16-9-6-13-5-4-8-15-11-13/h4-5,8,11,16H,6-7,9-10,12H2,1-3H3. The highest BCUT2D eigenvalue weighted by Crippen LogP contribution is 2.18. The summed E-state index contributed by atoms with van der Waals surface area (Å²) in [6, 6.07) is 4.10. The number of hydrogen-bond donors (Lipinski definition) is 1. The van der Waals surface area contributed by atoms with Crippen molar-refractivity contribution >= 4 is 0 Å². The number of nitrogens with one attached hydrogen (secondary N) is 1. The maximum absolute atomic E-state index is 5.12. The molecule has 17 heavy (non-hydrogen) atoms. The predicted octanol–water partition coefficient (Wildman–Crippen LogP) is 2.28. The highest BCUT2D eigenvalue weighted by atomic mass is 16.5. The van der Waals surface area contributed by atoms with E-state index >= 15 is 0 Å². The Kier molecular flexibility index (Phi) is 6.16. The summed E-state index contributed by atoms with van der Waals surface area (Å²) in [7, 11) is 1.76. The van der Waals surface area contributed by atoms with Crippen molar-refractivity contribution in [3.8, 4) is 0 Å². The molecule has 0 aromatic carbocycles. The van der Waals surface area contributed by atoms with Crippen molar-refractivity contribution in [3.63, 3.8) is 0 Å². The maximum Gasteiger partial charge on any atom is 0.0467 e. The Hall–Kier alpha value is -0.930. The molecule has 3 nitrogen and oxygen atoms in total. The van der Waals surface area contributed by atoms with E-state index in [0.717, 1.165) is 32.5 Å². The van der Waals surface area contributed by atoms with Crippen molar-refractivity contribution in [2.75, 3.05) is 26.8 Å². The molecular formula is C14H24N2O. The van der Waals surface area contributed by atoms with Gasteiger partial charge < -0.3 is 10.1 Å². The summed E-state index contributed by atoms with van der Waals surface area (Å²) in [5.41, 5.74) is 1.58. The van der Waals surface area contributed by atoms with Crippen LogP contribution < -0.4 is 5.32 Å². The summed E-state index contributed by atoms with van der Waals surface area (Å²) in [6.07, 6.45) is 5.86. The minimum absolute atomic E-state index is 0.297. The number of nitrogens with zero attached hydrogens (tertiary/aromatic N) is 1. The van der Waals surface area contributed by atoms with Gasteiger partial charge in [0.1, 0.15) is 0 Å². The van der Waals surface area contributed by atoms with Gasteiger partial charge in [0.05, 0.1) is 0 Å². The van der Waals surface area contributed by atoms with E-state index in [-0.39, 0.29) is 0 Å². The third kappa shape index (κ3) is 6.39. The van der Waals surface area contributed by atoms with Gasteiger partial charge in [-0.05, 0) is 36.4 Å². The first-order chi connectivity index (χ1) is 8.14. The van der Waals surface area contributed by atoms with Gasteiger partial charge >= 0.3 is 0 Å². The monoisotopic (exact) mass is 236 g/mol. The average molecular weight is 236 g/mol. The molecule has 0 atom stereocenters. The van der Waals surface area contributed by atoms with Crippen LogP contribution in [0, 0.1) is 5.41 Å². The molecule has 1 aromatic heterocycles. The molecule has 1 N–H and O–H groups in total. The van der Waals surface area contributed by atoms with Gasteiger partial charge in [0.15, 0.2) is 0 Å². The first-order valence-corrected chi connectivity index (χ1v) is 6.23. The van der Waals surface area contributed by atoms with Gasteiger partial charge in [0.2, 0.25) is 0 Å². The van der Waals surface area contributed by atoms with Gasteiger partial charge in [0.25, 0.3) is 0 Å². The fourth-order valence-electron chi connectivity index (χ4n) is 1.67. The number of hydrogen-bond acceptors (Lipinski definition) is 3. The molecular weight excluding hydrogens is 212 g/mol. The van der Waals surface area contributed by atoms with Crippen molar-refractivity contribution < 1.29 is 4.74 Å². The lowest BCUT2D eigenvalue weighted by Crippen LogP contribution is -2.31. The average Bonchev–Trinajstić information content (AvgIpc) is 2.34. The first kappa shape index (κ1) is 14.1. The molecule has 1 heterocycles. The minimum Gasteiger partial charge on any atom is -0.385 e. The van der Waals surface area contributed by atoms with Crippen LogP contribution in [-0.4, -0.2) is 31.8 Å². The summed E-state index contributed by atoms with van der Waals surface area (Å²) >= 11 is 0. The molecule has 1 rings (SSSR count). The van der Waals surface area contributed by atoms with E-state index < -0.39 is 0 Å². The zero-order chi connectivity index (χ0) is 12.6. The fourth-order valence-corrected chi connectivity index (χ4v) is 1.67. The third-order valence-corrected chi connectivity index (χ3v) is 2.90. The van der Waals surface area contributed by atoms with Crippen molar-refractivity contribution in [1.82, 2.24) is 10.3 Å². The van der Waals surface area contributed by atoms with Gasteiger partial charge in [-0.2, -0.15) is 0 Å². The highest BCUT2D eigenvalue weighted by molar-refractivity contribution is 5.08. The minimum atomic E-state index is 0.297. The van der Waals surface area contributed by atoms with Gasteiger partial charge in [-0.25, -0.2) is 0 Å². The SMILES string of the molecule is COCCC(C)(C)CNCCc1cccnc1. The second-order valence-corrected chi connectivity index (χ2v) is 5.20. The van der Waals surface area contributed by atoms with Crippen LogP contribution in [0.5, 0.6) is 0 Å². The number of pyridine rings is 1. The third-order valence-electron chi connectivity index (χ3n) is 2.90. The molecule has 0 bridgehead atoms. The second kappa shape index (κ2) is 7.41. The molecule has 96 valence electrons. The normalized spacial score (nSPS) is 11.7. The highest BCUT2D eigenvalue weighted by Gasteiger charge is 2.16. The Labute approximate surface area is 105 Å². The van der Waals surface area contributed by atoms with Crippen LogP contribution in [0.1, 0.15) is 25.8 Å². The Morgan fingerprint density at radius 3 is 2.88 bits per heavy atom. The van der Waals surface area contributed by atoms with Gasteiger partial charge in [-0.3, -0.25) is 4.98 Å². The molecule has 3 heteroatoms. The quantitative estimate of drug-likeness (QED) is 0.703. The number of rotatable bonds is 8. The molecule has 0 spiro atoms. The van der Waals surface area contributed by atoms with E-state index in [2.05, 4.69) is 30.2 Å². The van der Waals surface area contributed by atoms with Crippen LogP contribution in [0.2, 0.25) is 0 Å². The lowest BCUT2D eigenvalue weighted by molar-refractivity contribution is 0.151. The molecule has 0 amide bonds. The molecule has 0 aliphatic rings. The summed E-state index contributed by atoms with van der Waals surface area (Å²) in [5, 5.41) is 3.50. The molecule has 1 aromatic rings. The smallest absolute Gasteiger partial charge is 0.0467 e. The molecule has 0 aliphatic heterocycles. The van der Waals surface area contributed by atoms with Crippen LogP contribution in [0.15, 0.2) is 24.5 Å². The summed E-state index contributed by atoms with van der Waals surface area (Å²) < 4.78 is 5.12. The van der Waals surface area contributed by atoms with Crippen LogP contribution in [0.3, 0.4) is 0 Å². The Balaban J connectivity index is 2.15. The summed E-state index contributed by atoms with van der Waals surface area (Å²) in [5.74, 6) is 0. The Bertz CT molecular complexity index is 298. The fraction of sp³-hybridized carbons (Fsp3) is 0.643.